The number of pyridine rings is 1. The van der Waals surface area contributed by atoms with E-state index in [9.17, 15) is 4.79 Å². The van der Waals surface area contributed by atoms with E-state index in [-0.39, 0.29) is 17.4 Å². The Morgan fingerprint density at radius 1 is 1.38 bits per heavy atom. The first-order valence-corrected chi connectivity index (χ1v) is 9.18. The third kappa shape index (κ3) is 3.52. The molecule has 2 aromatic heterocycles. The summed E-state index contributed by atoms with van der Waals surface area (Å²) in [7, 11) is 0. The van der Waals surface area contributed by atoms with E-state index in [0.717, 1.165) is 31.6 Å². The number of fused-ring (bicyclic) bond motifs is 1. The summed E-state index contributed by atoms with van der Waals surface area (Å²) in [6, 6.07) is 7.54. The Hall–Kier alpha value is -2.18. The molecule has 4 heterocycles. The van der Waals surface area contributed by atoms with Crippen LogP contribution in [-0.4, -0.2) is 48.2 Å². The zero-order chi connectivity index (χ0) is 17.8. The van der Waals surface area contributed by atoms with Crippen molar-refractivity contribution in [3.05, 3.63) is 54.2 Å². The number of nitrogens with zero attached hydrogens (tertiary/aromatic N) is 2. The lowest BCUT2D eigenvalue weighted by molar-refractivity contribution is -0.149. The second kappa shape index (κ2) is 7.60. The number of rotatable bonds is 5. The van der Waals surface area contributed by atoms with E-state index in [0.29, 0.717) is 31.9 Å². The molecule has 0 radical (unpaired) electrons. The van der Waals surface area contributed by atoms with Crippen molar-refractivity contribution in [3.8, 4) is 0 Å². The van der Waals surface area contributed by atoms with Gasteiger partial charge in [-0.05, 0) is 37.5 Å². The molecule has 2 saturated heterocycles. The fourth-order valence-corrected chi connectivity index (χ4v) is 4.09. The highest BCUT2D eigenvalue weighted by atomic mass is 16.5. The first-order chi connectivity index (χ1) is 12.8. The Labute approximate surface area is 153 Å². The first kappa shape index (κ1) is 17.2. The van der Waals surface area contributed by atoms with Crippen molar-refractivity contribution in [2.75, 3.05) is 26.3 Å². The fraction of sp³-hybridized carbons (Fsp3) is 0.500. The monoisotopic (exact) mass is 356 g/mol. The van der Waals surface area contributed by atoms with Crippen LogP contribution in [0.3, 0.4) is 0 Å². The molecule has 1 amide bonds. The van der Waals surface area contributed by atoms with Gasteiger partial charge >= 0.3 is 0 Å². The smallest absolute Gasteiger partial charge is 0.257 e. The second-order valence-electron chi connectivity index (χ2n) is 7.17. The van der Waals surface area contributed by atoms with Gasteiger partial charge in [-0.15, -0.1) is 0 Å². The lowest BCUT2D eigenvalue weighted by atomic mass is 9.73. The highest BCUT2D eigenvalue weighted by Crippen LogP contribution is 2.41. The molecule has 6 nitrogen and oxygen atoms in total. The summed E-state index contributed by atoms with van der Waals surface area (Å²) in [5.74, 6) is 0.0203. The molecular weight excluding hydrogens is 332 g/mol. The maximum absolute atomic E-state index is 12.7. The SMILES string of the molecule is O=C(c1ccoc1)N1CCC2OCCCC2(COCc2ccccn2)C1. The topological polar surface area (TPSA) is 64.8 Å². The van der Waals surface area contributed by atoms with Gasteiger partial charge in [-0.3, -0.25) is 9.78 Å². The van der Waals surface area contributed by atoms with Crippen LogP contribution in [0.5, 0.6) is 0 Å². The third-order valence-electron chi connectivity index (χ3n) is 5.41. The normalized spacial score (nSPS) is 25.7. The summed E-state index contributed by atoms with van der Waals surface area (Å²) in [5.41, 5.74) is 1.37. The van der Waals surface area contributed by atoms with Crippen molar-refractivity contribution in [1.29, 1.82) is 0 Å². The highest BCUT2D eigenvalue weighted by molar-refractivity contribution is 5.93. The van der Waals surface area contributed by atoms with E-state index in [2.05, 4.69) is 4.98 Å². The van der Waals surface area contributed by atoms with Crippen LogP contribution in [0.25, 0.3) is 0 Å². The summed E-state index contributed by atoms with van der Waals surface area (Å²) in [5, 5.41) is 0. The van der Waals surface area contributed by atoms with Crippen LogP contribution in [0.15, 0.2) is 47.4 Å². The Morgan fingerprint density at radius 2 is 2.35 bits per heavy atom. The number of piperidine rings is 1. The summed E-state index contributed by atoms with van der Waals surface area (Å²) >= 11 is 0. The lowest BCUT2D eigenvalue weighted by Crippen LogP contribution is -2.58. The van der Waals surface area contributed by atoms with Gasteiger partial charge in [0.15, 0.2) is 0 Å². The van der Waals surface area contributed by atoms with Crippen LogP contribution >= 0.6 is 0 Å². The standard InChI is InChI=1S/C20H24N2O4/c23-19(16-6-11-24-12-16)22-9-5-18-20(14-22,7-3-10-26-18)15-25-13-17-4-1-2-8-21-17/h1-2,4,6,8,11-12,18H,3,5,7,9-10,13-15H2. The lowest BCUT2D eigenvalue weighted by Gasteiger charge is -2.50. The molecule has 26 heavy (non-hydrogen) atoms. The molecule has 2 unspecified atom stereocenters. The number of aromatic nitrogens is 1. The van der Waals surface area contributed by atoms with E-state index in [1.54, 1.807) is 12.3 Å². The van der Waals surface area contributed by atoms with Gasteiger partial charge in [0.2, 0.25) is 0 Å². The zero-order valence-electron chi connectivity index (χ0n) is 14.8. The predicted molar refractivity (Wildman–Crippen MR) is 94.5 cm³/mol. The molecular formula is C20H24N2O4. The molecule has 4 rings (SSSR count). The van der Waals surface area contributed by atoms with Crippen LogP contribution in [0, 0.1) is 5.41 Å². The van der Waals surface area contributed by atoms with Gasteiger partial charge in [0, 0.05) is 31.3 Å². The van der Waals surface area contributed by atoms with E-state index in [1.165, 1.54) is 12.5 Å². The third-order valence-corrected chi connectivity index (χ3v) is 5.41. The van der Waals surface area contributed by atoms with Crippen LogP contribution in [0.2, 0.25) is 0 Å². The van der Waals surface area contributed by atoms with Crippen LogP contribution in [0.1, 0.15) is 35.3 Å². The molecule has 2 aliphatic heterocycles. The van der Waals surface area contributed by atoms with Crippen molar-refractivity contribution < 1.29 is 18.7 Å². The van der Waals surface area contributed by atoms with Gasteiger partial charge < -0.3 is 18.8 Å². The molecule has 0 N–H and O–H groups in total. The number of ether oxygens (including phenoxy) is 2. The van der Waals surface area contributed by atoms with E-state index < -0.39 is 0 Å². The molecule has 0 spiro atoms. The van der Waals surface area contributed by atoms with Crippen molar-refractivity contribution in [3.63, 3.8) is 0 Å². The van der Waals surface area contributed by atoms with Crippen molar-refractivity contribution >= 4 is 5.91 Å². The number of furan rings is 1. The van der Waals surface area contributed by atoms with Gasteiger partial charge in [0.1, 0.15) is 6.26 Å². The summed E-state index contributed by atoms with van der Waals surface area (Å²) in [4.78, 5) is 19.0. The van der Waals surface area contributed by atoms with Crippen molar-refractivity contribution in [1.82, 2.24) is 9.88 Å². The average molecular weight is 356 g/mol. The minimum atomic E-state index is -0.148. The molecule has 0 bridgehead atoms. The molecule has 2 aromatic rings. The largest absolute Gasteiger partial charge is 0.472 e. The van der Waals surface area contributed by atoms with Crippen molar-refractivity contribution in [2.24, 2.45) is 5.41 Å². The zero-order valence-corrected chi connectivity index (χ0v) is 14.8. The van der Waals surface area contributed by atoms with Crippen molar-refractivity contribution in [2.45, 2.75) is 32.0 Å². The Balaban J connectivity index is 1.45. The van der Waals surface area contributed by atoms with Gasteiger partial charge in [-0.25, -0.2) is 0 Å². The van der Waals surface area contributed by atoms with Gasteiger partial charge in [0.25, 0.3) is 5.91 Å². The first-order valence-electron chi connectivity index (χ1n) is 9.18. The number of carbonyl (C=O) groups excluding carboxylic acids is 1. The molecule has 0 aromatic carbocycles. The maximum atomic E-state index is 12.7. The maximum Gasteiger partial charge on any atom is 0.257 e. The molecule has 2 aliphatic rings. The number of likely N-dealkylation sites (tertiary alicyclic amines) is 1. The fourth-order valence-electron chi connectivity index (χ4n) is 4.09. The molecule has 0 saturated carbocycles. The number of hydrogen-bond donors (Lipinski definition) is 0. The van der Waals surface area contributed by atoms with Crippen LogP contribution in [0.4, 0.5) is 0 Å². The van der Waals surface area contributed by atoms with Gasteiger partial charge in [0.05, 0.1) is 36.8 Å². The number of carbonyl (C=O) groups is 1. The minimum absolute atomic E-state index is 0.0203. The second-order valence-corrected chi connectivity index (χ2v) is 7.17. The quantitative estimate of drug-likeness (QED) is 0.824. The van der Waals surface area contributed by atoms with Gasteiger partial charge in [-0.2, -0.15) is 0 Å². The predicted octanol–water partition coefficient (Wildman–Crippen LogP) is 2.90. The minimum Gasteiger partial charge on any atom is -0.472 e. The summed E-state index contributed by atoms with van der Waals surface area (Å²) in [6.45, 7) is 3.21. The molecule has 0 aliphatic carbocycles. The van der Waals surface area contributed by atoms with Gasteiger partial charge in [-0.1, -0.05) is 6.07 Å². The Bertz CT molecular complexity index is 719. The number of hydrogen-bond acceptors (Lipinski definition) is 5. The average Bonchev–Trinajstić information content (AvgIpc) is 3.22. The van der Waals surface area contributed by atoms with E-state index in [4.69, 9.17) is 13.9 Å². The Morgan fingerprint density at radius 3 is 3.15 bits per heavy atom. The highest BCUT2D eigenvalue weighted by Gasteiger charge is 2.47. The summed E-state index contributed by atoms with van der Waals surface area (Å²) < 4.78 is 17.2. The molecule has 6 heteroatoms. The van der Waals surface area contributed by atoms with E-state index >= 15 is 0 Å². The molecule has 138 valence electrons. The molecule has 2 fully saturated rings. The van der Waals surface area contributed by atoms with Crippen LogP contribution in [-0.2, 0) is 16.1 Å². The Kier molecular flexibility index (Phi) is 5.04. The number of amides is 1. The van der Waals surface area contributed by atoms with E-state index in [1.807, 2.05) is 23.1 Å². The van der Waals surface area contributed by atoms with Crippen LogP contribution < -0.4 is 0 Å². The molecule has 2 atom stereocenters. The summed E-state index contributed by atoms with van der Waals surface area (Å²) in [6.07, 6.45) is 7.82.